The minimum Gasteiger partial charge on any atom is -0.309 e. The summed E-state index contributed by atoms with van der Waals surface area (Å²) in [5.74, 6) is 0. The van der Waals surface area contributed by atoms with Crippen molar-refractivity contribution in [3.8, 4) is 0 Å². The molecule has 0 radical (unpaired) electrons. The van der Waals surface area contributed by atoms with Crippen LogP contribution in [0.3, 0.4) is 0 Å². The van der Waals surface area contributed by atoms with Crippen molar-refractivity contribution >= 4 is 23.2 Å². The zero-order valence-corrected chi connectivity index (χ0v) is 13.7. The lowest BCUT2D eigenvalue weighted by atomic mass is 9.90. The first-order valence-corrected chi connectivity index (χ1v) is 7.39. The Morgan fingerprint density at radius 3 is 2.05 bits per heavy atom. The van der Waals surface area contributed by atoms with Crippen LogP contribution in [0.1, 0.15) is 33.9 Å². The summed E-state index contributed by atoms with van der Waals surface area (Å²) in [5, 5.41) is 4.72. The van der Waals surface area contributed by atoms with Gasteiger partial charge >= 0.3 is 0 Å². The Labute approximate surface area is 130 Å². The standard InChI is InChI=1S/C17H19Cl2N/c1-10-7-11(2)16(12(3)8-10)17(20-4)14-6-5-13(18)9-15(14)19/h5-9,17,20H,1-4H3. The summed E-state index contributed by atoms with van der Waals surface area (Å²) in [6.07, 6.45) is 0. The molecule has 20 heavy (non-hydrogen) atoms. The minimum atomic E-state index is 0.0698. The predicted octanol–water partition coefficient (Wildman–Crippen LogP) is 5.23. The van der Waals surface area contributed by atoms with E-state index in [1.807, 2.05) is 19.2 Å². The Morgan fingerprint density at radius 1 is 0.950 bits per heavy atom. The summed E-state index contributed by atoms with van der Waals surface area (Å²) in [4.78, 5) is 0. The zero-order valence-electron chi connectivity index (χ0n) is 12.2. The molecule has 0 heterocycles. The van der Waals surface area contributed by atoms with Gasteiger partial charge in [-0.05, 0) is 62.2 Å². The topological polar surface area (TPSA) is 12.0 Å². The number of hydrogen-bond acceptors (Lipinski definition) is 1. The van der Waals surface area contributed by atoms with Crippen LogP contribution in [-0.2, 0) is 0 Å². The van der Waals surface area contributed by atoms with E-state index in [1.54, 1.807) is 6.07 Å². The van der Waals surface area contributed by atoms with Gasteiger partial charge in [0.1, 0.15) is 0 Å². The molecule has 0 aliphatic heterocycles. The monoisotopic (exact) mass is 307 g/mol. The number of rotatable bonds is 3. The van der Waals surface area contributed by atoms with E-state index < -0.39 is 0 Å². The van der Waals surface area contributed by atoms with E-state index in [4.69, 9.17) is 23.2 Å². The number of benzene rings is 2. The molecule has 2 aromatic rings. The average molecular weight is 308 g/mol. The van der Waals surface area contributed by atoms with Crippen molar-refractivity contribution in [3.05, 3.63) is 68.2 Å². The number of aryl methyl sites for hydroxylation is 3. The first kappa shape index (κ1) is 15.4. The SMILES string of the molecule is CNC(c1ccc(Cl)cc1Cl)c1c(C)cc(C)cc1C. The third-order valence-corrected chi connectivity index (χ3v) is 4.15. The van der Waals surface area contributed by atoms with E-state index in [1.165, 1.54) is 22.3 Å². The molecule has 0 amide bonds. The van der Waals surface area contributed by atoms with Crippen LogP contribution in [0.5, 0.6) is 0 Å². The second-order valence-electron chi connectivity index (χ2n) is 5.20. The van der Waals surface area contributed by atoms with Crippen molar-refractivity contribution in [1.29, 1.82) is 0 Å². The Hall–Kier alpha value is -1.02. The Morgan fingerprint density at radius 2 is 1.55 bits per heavy atom. The van der Waals surface area contributed by atoms with Crippen LogP contribution >= 0.6 is 23.2 Å². The summed E-state index contributed by atoms with van der Waals surface area (Å²) in [6, 6.07) is 10.1. The van der Waals surface area contributed by atoms with Gasteiger partial charge in [-0.25, -0.2) is 0 Å². The first-order chi connectivity index (χ1) is 9.43. The lowest BCUT2D eigenvalue weighted by Gasteiger charge is -2.23. The molecule has 106 valence electrons. The van der Waals surface area contributed by atoms with Crippen molar-refractivity contribution in [1.82, 2.24) is 5.32 Å². The largest absolute Gasteiger partial charge is 0.309 e. The van der Waals surface area contributed by atoms with Gasteiger partial charge in [0.05, 0.1) is 6.04 Å². The van der Waals surface area contributed by atoms with Gasteiger partial charge in [-0.2, -0.15) is 0 Å². The highest BCUT2D eigenvalue weighted by molar-refractivity contribution is 6.35. The quantitative estimate of drug-likeness (QED) is 0.819. The molecule has 2 rings (SSSR count). The van der Waals surface area contributed by atoms with E-state index >= 15 is 0 Å². The van der Waals surface area contributed by atoms with Gasteiger partial charge in [0.25, 0.3) is 0 Å². The van der Waals surface area contributed by atoms with Crippen LogP contribution in [0.4, 0.5) is 0 Å². The molecule has 1 unspecified atom stereocenters. The van der Waals surface area contributed by atoms with Gasteiger partial charge in [0.2, 0.25) is 0 Å². The summed E-state index contributed by atoms with van der Waals surface area (Å²) in [6.45, 7) is 6.40. The van der Waals surface area contributed by atoms with Gasteiger partial charge in [0, 0.05) is 10.0 Å². The molecule has 1 nitrogen and oxygen atoms in total. The maximum atomic E-state index is 6.36. The molecular weight excluding hydrogens is 289 g/mol. The number of hydrogen-bond donors (Lipinski definition) is 1. The fourth-order valence-electron chi connectivity index (χ4n) is 2.84. The Balaban J connectivity index is 2.58. The van der Waals surface area contributed by atoms with Crippen molar-refractivity contribution < 1.29 is 0 Å². The number of nitrogens with one attached hydrogen (secondary N) is 1. The van der Waals surface area contributed by atoms with Crippen molar-refractivity contribution in [2.45, 2.75) is 26.8 Å². The summed E-state index contributed by atoms with van der Waals surface area (Å²) in [7, 11) is 1.95. The van der Waals surface area contributed by atoms with Gasteiger partial charge in [-0.1, -0.05) is 47.0 Å². The smallest absolute Gasteiger partial charge is 0.0594 e. The highest BCUT2D eigenvalue weighted by Crippen LogP contribution is 2.33. The molecule has 0 aromatic heterocycles. The Kier molecular flexibility index (Phi) is 4.74. The van der Waals surface area contributed by atoms with E-state index in [2.05, 4.69) is 38.2 Å². The van der Waals surface area contributed by atoms with Gasteiger partial charge in [-0.15, -0.1) is 0 Å². The fraction of sp³-hybridized carbons (Fsp3) is 0.294. The maximum Gasteiger partial charge on any atom is 0.0594 e. The lowest BCUT2D eigenvalue weighted by molar-refractivity contribution is 0.683. The van der Waals surface area contributed by atoms with Crippen LogP contribution in [0, 0.1) is 20.8 Å². The maximum absolute atomic E-state index is 6.36. The van der Waals surface area contributed by atoms with Gasteiger partial charge in [0.15, 0.2) is 0 Å². The van der Waals surface area contributed by atoms with Crippen LogP contribution < -0.4 is 5.32 Å². The highest BCUT2D eigenvalue weighted by atomic mass is 35.5. The molecule has 0 aliphatic carbocycles. The van der Waals surface area contributed by atoms with Gasteiger partial charge in [-0.3, -0.25) is 0 Å². The van der Waals surface area contributed by atoms with E-state index in [9.17, 15) is 0 Å². The van der Waals surface area contributed by atoms with E-state index in [0.29, 0.717) is 10.0 Å². The second-order valence-corrected chi connectivity index (χ2v) is 6.04. The van der Waals surface area contributed by atoms with Crippen LogP contribution in [0.15, 0.2) is 30.3 Å². The van der Waals surface area contributed by atoms with Crippen LogP contribution in [0.2, 0.25) is 10.0 Å². The lowest BCUT2D eigenvalue weighted by Crippen LogP contribution is -2.20. The molecule has 1 atom stereocenters. The van der Waals surface area contributed by atoms with Crippen molar-refractivity contribution in [3.63, 3.8) is 0 Å². The molecule has 0 saturated carbocycles. The highest BCUT2D eigenvalue weighted by Gasteiger charge is 2.19. The molecule has 3 heteroatoms. The molecule has 0 fully saturated rings. The van der Waals surface area contributed by atoms with Gasteiger partial charge < -0.3 is 5.32 Å². The molecule has 2 aromatic carbocycles. The fourth-order valence-corrected chi connectivity index (χ4v) is 3.36. The normalized spacial score (nSPS) is 12.5. The molecule has 0 spiro atoms. The van der Waals surface area contributed by atoms with Crippen molar-refractivity contribution in [2.24, 2.45) is 0 Å². The van der Waals surface area contributed by atoms with Crippen molar-refractivity contribution in [2.75, 3.05) is 7.05 Å². The molecule has 0 aliphatic rings. The van der Waals surface area contributed by atoms with E-state index in [-0.39, 0.29) is 6.04 Å². The van der Waals surface area contributed by atoms with E-state index in [0.717, 1.165) is 5.56 Å². The molecule has 0 saturated heterocycles. The molecular formula is C17H19Cl2N. The molecule has 0 bridgehead atoms. The summed E-state index contributed by atoms with van der Waals surface area (Å²) in [5.41, 5.74) is 6.15. The predicted molar refractivity (Wildman–Crippen MR) is 88.0 cm³/mol. The number of halogens is 2. The van der Waals surface area contributed by atoms with Crippen LogP contribution in [0.25, 0.3) is 0 Å². The summed E-state index contributed by atoms with van der Waals surface area (Å²) < 4.78 is 0. The average Bonchev–Trinajstić information content (AvgIpc) is 2.34. The second kappa shape index (κ2) is 6.17. The Bertz CT molecular complexity index is 612. The zero-order chi connectivity index (χ0) is 14.9. The minimum absolute atomic E-state index is 0.0698. The summed E-state index contributed by atoms with van der Waals surface area (Å²) >= 11 is 12.4. The van der Waals surface area contributed by atoms with Crippen LogP contribution in [-0.4, -0.2) is 7.05 Å². The first-order valence-electron chi connectivity index (χ1n) is 6.64. The molecule has 1 N–H and O–H groups in total. The third kappa shape index (κ3) is 3.01. The third-order valence-electron chi connectivity index (χ3n) is 3.59.